The molecule has 0 radical (unpaired) electrons. The van der Waals surface area contributed by atoms with Crippen molar-refractivity contribution in [3.63, 3.8) is 0 Å². The number of fused-ring (bicyclic) bond motifs is 1. The molecule has 1 amide bonds. The average molecular weight is 345 g/mol. The molecule has 4 atom stereocenters. The summed E-state index contributed by atoms with van der Waals surface area (Å²) in [6, 6.07) is 0.0689. The van der Waals surface area contributed by atoms with Gasteiger partial charge in [0.05, 0.1) is 11.7 Å². The summed E-state index contributed by atoms with van der Waals surface area (Å²) in [5.74, 6) is 1.22. The zero-order valence-electron chi connectivity index (χ0n) is 14.9. The lowest BCUT2D eigenvalue weighted by atomic mass is 9.73. The van der Waals surface area contributed by atoms with Crippen LogP contribution >= 0.6 is 0 Å². The number of nitrogens with two attached hydrogens (primary N) is 1. The minimum atomic E-state index is -0.545. The molecule has 0 saturated heterocycles. The van der Waals surface area contributed by atoms with Gasteiger partial charge in [0.1, 0.15) is 5.82 Å². The first-order chi connectivity index (χ1) is 11.8. The molecule has 3 saturated carbocycles. The van der Waals surface area contributed by atoms with Crippen molar-refractivity contribution in [3.8, 4) is 0 Å². The number of rotatable bonds is 5. The SMILES string of the molecule is CC1(C)CC[C@@H](Nc2nc(NC34CCC3C4)ncc2C(N)=O)C[C@H]1O. The van der Waals surface area contributed by atoms with Crippen molar-refractivity contribution in [1.29, 1.82) is 0 Å². The van der Waals surface area contributed by atoms with Crippen LogP contribution in [0.3, 0.4) is 0 Å². The van der Waals surface area contributed by atoms with E-state index in [-0.39, 0.29) is 23.1 Å². The maximum atomic E-state index is 11.7. The average Bonchev–Trinajstić information content (AvgIpc) is 3.04. The Morgan fingerprint density at radius 2 is 2.16 bits per heavy atom. The summed E-state index contributed by atoms with van der Waals surface area (Å²) in [5, 5.41) is 17.1. The summed E-state index contributed by atoms with van der Waals surface area (Å²) < 4.78 is 0. The molecular formula is C18H27N5O2. The van der Waals surface area contributed by atoms with E-state index in [2.05, 4.69) is 34.4 Å². The Bertz CT molecular complexity index is 703. The normalized spacial score (nSPS) is 35.2. The van der Waals surface area contributed by atoms with Gasteiger partial charge in [-0.25, -0.2) is 4.98 Å². The van der Waals surface area contributed by atoms with Gasteiger partial charge in [-0.15, -0.1) is 0 Å². The zero-order valence-corrected chi connectivity index (χ0v) is 14.9. The quantitative estimate of drug-likeness (QED) is 0.648. The number of hydrogen-bond donors (Lipinski definition) is 4. The van der Waals surface area contributed by atoms with E-state index in [1.807, 2.05) is 0 Å². The minimum absolute atomic E-state index is 0.0689. The maximum Gasteiger partial charge on any atom is 0.254 e. The molecule has 2 unspecified atom stereocenters. The molecule has 0 spiro atoms. The van der Waals surface area contributed by atoms with E-state index < -0.39 is 5.91 Å². The molecule has 3 aliphatic carbocycles. The third-order valence-corrected chi connectivity index (χ3v) is 6.47. The third kappa shape index (κ3) is 2.94. The molecule has 136 valence electrons. The molecule has 1 heterocycles. The van der Waals surface area contributed by atoms with Crippen LogP contribution in [0, 0.1) is 11.3 Å². The highest BCUT2D eigenvalue weighted by atomic mass is 16.3. The number of aliphatic hydroxyl groups excluding tert-OH is 1. The number of aromatic nitrogens is 2. The molecular weight excluding hydrogens is 318 g/mol. The molecule has 7 nitrogen and oxygen atoms in total. The first kappa shape index (κ1) is 16.6. The number of nitrogens with one attached hydrogen (secondary N) is 2. The monoisotopic (exact) mass is 345 g/mol. The minimum Gasteiger partial charge on any atom is -0.392 e. The molecule has 4 rings (SSSR count). The van der Waals surface area contributed by atoms with E-state index in [0.29, 0.717) is 23.8 Å². The van der Waals surface area contributed by atoms with Crippen molar-refractivity contribution >= 4 is 17.7 Å². The first-order valence-electron chi connectivity index (χ1n) is 9.19. The van der Waals surface area contributed by atoms with E-state index in [4.69, 9.17) is 5.73 Å². The highest BCUT2D eigenvalue weighted by Gasteiger charge is 2.61. The summed E-state index contributed by atoms with van der Waals surface area (Å²) >= 11 is 0. The van der Waals surface area contributed by atoms with E-state index in [9.17, 15) is 9.90 Å². The molecule has 25 heavy (non-hydrogen) atoms. The van der Waals surface area contributed by atoms with Crippen LogP contribution in [-0.4, -0.2) is 38.7 Å². The highest BCUT2D eigenvalue weighted by molar-refractivity contribution is 5.97. The zero-order chi connectivity index (χ0) is 17.8. The number of carbonyl (C=O) groups excluding carboxylic acids is 1. The van der Waals surface area contributed by atoms with Gasteiger partial charge < -0.3 is 21.5 Å². The molecule has 7 heteroatoms. The van der Waals surface area contributed by atoms with Crippen LogP contribution in [0.2, 0.25) is 0 Å². The number of aliphatic hydroxyl groups is 1. The van der Waals surface area contributed by atoms with Crippen LogP contribution in [-0.2, 0) is 0 Å². The number of carbonyl (C=O) groups is 1. The topological polar surface area (TPSA) is 113 Å². The van der Waals surface area contributed by atoms with Gasteiger partial charge in [-0.3, -0.25) is 4.79 Å². The molecule has 0 bridgehead atoms. The fraction of sp³-hybridized carbons (Fsp3) is 0.722. The molecule has 1 aromatic heterocycles. The smallest absolute Gasteiger partial charge is 0.254 e. The summed E-state index contributed by atoms with van der Waals surface area (Å²) in [4.78, 5) is 20.5. The van der Waals surface area contributed by atoms with Crippen molar-refractivity contribution < 1.29 is 9.90 Å². The van der Waals surface area contributed by atoms with Gasteiger partial charge >= 0.3 is 0 Å². The van der Waals surface area contributed by atoms with E-state index in [0.717, 1.165) is 25.2 Å². The van der Waals surface area contributed by atoms with Gasteiger partial charge in [0.25, 0.3) is 5.91 Å². The van der Waals surface area contributed by atoms with E-state index in [1.165, 1.54) is 19.0 Å². The number of nitrogens with zero attached hydrogens (tertiary/aromatic N) is 2. The molecule has 0 aliphatic heterocycles. The largest absolute Gasteiger partial charge is 0.392 e. The lowest BCUT2D eigenvalue weighted by Crippen LogP contribution is -2.41. The third-order valence-electron chi connectivity index (χ3n) is 6.47. The molecule has 3 aliphatic rings. The van der Waals surface area contributed by atoms with Crippen molar-refractivity contribution in [3.05, 3.63) is 11.8 Å². The Hall–Kier alpha value is -1.89. The predicted molar refractivity (Wildman–Crippen MR) is 95.3 cm³/mol. The van der Waals surface area contributed by atoms with Gasteiger partial charge in [0.2, 0.25) is 5.95 Å². The Balaban J connectivity index is 1.51. The van der Waals surface area contributed by atoms with Crippen LogP contribution < -0.4 is 16.4 Å². The van der Waals surface area contributed by atoms with Crippen LogP contribution in [0.5, 0.6) is 0 Å². The van der Waals surface area contributed by atoms with Crippen molar-refractivity contribution in [1.82, 2.24) is 9.97 Å². The van der Waals surface area contributed by atoms with Crippen LogP contribution in [0.25, 0.3) is 0 Å². The van der Waals surface area contributed by atoms with Gasteiger partial charge in [-0.2, -0.15) is 4.98 Å². The summed E-state index contributed by atoms with van der Waals surface area (Å²) in [5.41, 5.74) is 5.89. The van der Waals surface area contributed by atoms with Gasteiger partial charge in [-0.1, -0.05) is 13.8 Å². The fourth-order valence-electron chi connectivity index (χ4n) is 4.20. The van der Waals surface area contributed by atoms with Gasteiger partial charge in [-0.05, 0) is 49.9 Å². The lowest BCUT2D eigenvalue weighted by Gasteiger charge is -2.39. The second-order valence-electron chi connectivity index (χ2n) is 8.66. The van der Waals surface area contributed by atoms with Gasteiger partial charge in [0, 0.05) is 17.8 Å². The summed E-state index contributed by atoms with van der Waals surface area (Å²) in [6.45, 7) is 4.17. The predicted octanol–water partition coefficient (Wildman–Crippen LogP) is 1.89. The maximum absolute atomic E-state index is 11.7. The Kier molecular flexibility index (Phi) is 3.68. The van der Waals surface area contributed by atoms with E-state index in [1.54, 1.807) is 0 Å². The van der Waals surface area contributed by atoms with Crippen molar-refractivity contribution in [2.24, 2.45) is 17.1 Å². The fourth-order valence-corrected chi connectivity index (χ4v) is 4.20. The van der Waals surface area contributed by atoms with Crippen molar-refractivity contribution in [2.75, 3.05) is 10.6 Å². The number of amides is 1. The molecule has 1 aromatic rings. The summed E-state index contributed by atoms with van der Waals surface area (Å²) in [7, 11) is 0. The first-order valence-corrected chi connectivity index (χ1v) is 9.19. The number of primary amides is 1. The molecule has 0 aromatic carbocycles. The Morgan fingerprint density at radius 3 is 2.72 bits per heavy atom. The van der Waals surface area contributed by atoms with Crippen LogP contribution in [0.1, 0.15) is 62.7 Å². The van der Waals surface area contributed by atoms with Gasteiger partial charge in [0.15, 0.2) is 0 Å². The number of anilines is 2. The van der Waals surface area contributed by atoms with Crippen LogP contribution in [0.15, 0.2) is 6.20 Å². The standard InChI is InChI=1S/C18H27N5O2/c1-17(2)5-4-11(7-13(17)24)21-15-12(14(19)25)9-20-16(22-15)23-18-6-3-10(18)8-18/h9-11,13,24H,3-8H2,1-2H3,(H2,19,25)(H2,20,21,22,23)/t10?,11-,13-,18?/m1/s1. The second-order valence-corrected chi connectivity index (χ2v) is 8.66. The Morgan fingerprint density at radius 1 is 1.36 bits per heavy atom. The second kappa shape index (κ2) is 5.56. The number of hydrogen-bond acceptors (Lipinski definition) is 6. The molecule has 5 N–H and O–H groups in total. The highest BCUT2D eigenvalue weighted by Crippen LogP contribution is 2.61. The lowest BCUT2D eigenvalue weighted by molar-refractivity contribution is 0.00912. The molecule has 3 fully saturated rings. The summed E-state index contributed by atoms with van der Waals surface area (Å²) in [6.07, 6.45) is 7.19. The van der Waals surface area contributed by atoms with E-state index >= 15 is 0 Å². The van der Waals surface area contributed by atoms with Crippen molar-refractivity contribution in [2.45, 2.75) is 70.1 Å². The Labute approximate surface area is 147 Å². The van der Waals surface area contributed by atoms with Crippen LogP contribution in [0.4, 0.5) is 11.8 Å².